The Kier molecular flexibility index (Phi) is 2.46. The SMILES string of the molecule is O=C(C1Cc2ccccc21)N1CC2CCC(O)C2C1. The molecule has 1 saturated heterocycles. The number of rotatable bonds is 1. The van der Waals surface area contributed by atoms with Gasteiger partial charge in [0.05, 0.1) is 12.0 Å². The molecule has 1 aliphatic heterocycles. The monoisotopic (exact) mass is 257 g/mol. The number of likely N-dealkylation sites (tertiary alicyclic amines) is 1. The molecular formula is C16H19NO2. The summed E-state index contributed by atoms with van der Waals surface area (Å²) in [6.45, 7) is 1.63. The molecule has 1 aromatic rings. The number of fused-ring (bicyclic) bond motifs is 2. The molecule has 19 heavy (non-hydrogen) atoms. The van der Waals surface area contributed by atoms with Gasteiger partial charge in [-0.2, -0.15) is 0 Å². The molecule has 4 atom stereocenters. The molecular weight excluding hydrogens is 238 g/mol. The van der Waals surface area contributed by atoms with Gasteiger partial charge in [-0.1, -0.05) is 24.3 Å². The third-order valence-electron chi connectivity index (χ3n) is 5.28. The lowest BCUT2D eigenvalue weighted by Gasteiger charge is -2.32. The number of amides is 1. The van der Waals surface area contributed by atoms with E-state index < -0.39 is 0 Å². The van der Waals surface area contributed by atoms with E-state index in [4.69, 9.17) is 0 Å². The number of carbonyl (C=O) groups excluding carboxylic acids is 1. The van der Waals surface area contributed by atoms with E-state index in [-0.39, 0.29) is 17.9 Å². The van der Waals surface area contributed by atoms with Crippen LogP contribution in [-0.2, 0) is 11.2 Å². The second-order valence-corrected chi connectivity index (χ2v) is 6.27. The van der Waals surface area contributed by atoms with Gasteiger partial charge in [0.2, 0.25) is 5.91 Å². The first-order valence-electron chi connectivity index (χ1n) is 7.28. The first kappa shape index (κ1) is 11.5. The molecule has 3 heteroatoms. The fraction of sp³-hybridized carbons (Fsp3) is 0.562. The molecule has 1 heterocycles. The van der Waals surface area contributed by atoms with Crippen LogP contribution in [0.15, 0.2) is 24.3 Å². The van der Waals surface area contributed by atoms with Crippen LogP contribution in [0.2, 0.25) is 0 Å². The zero-order chi connectivity index (χ0) is 13.0. The highest BCUT2D eigenvalue weighted by molar-refractivity contribution is 5.87. The van der Waals surface area contributed by atoms with E-state index in [1.165, 1.54) is 11.1 Å². The minimum Gasteiger partial charge on any atom is -0.393 e. The van der Waals surface area contributed by atoms with Crippen LogP contribution in [-0.4, -0.2) is 35.1 Å². The van der Waals surface area contributed by atoms with Gasteiger partial charge in [-0.05, 0) is 36.3 Å². The number of hydrogen-bond donors (Lipinski definition) is 1. The zero-order valence-corrected chi connectivity index (χ0v) is 11.0. The number of benzene rings is 1. The van der Waals surface area contributed by atoms with Crippen molar-refractivity contribution in [2.75, 3.05) is 13.1 Å². The molecule has 1 saturated carbocycles. The quantitative estimate of drug-likeness (QED) is 0.829. The van der Waals surface area contributed by atoms with Crippen molar-refractivity contribution in [2.45, 2.75) is 31.3 Å². The molecule has 3 aliphatic rings. The summed E-state index contributed by atoms with van der Waals surface area (Å²) in [7, 11) is 0. The number of carbonyl (C=O) groups is 1. The van der Waals surface area contributed by atoms with Crippen molar-refractivity contribution in [3.63, 3.8) is 0 Å². The molecule has 0 spiro atoms. The maximum absolute atomic E-state index is 12.6. The summed E-state index contributed by atoms with van der Waals surface area (Å²) in [5, 5.41) is 9.93. The number of aliphatic hydroxyl groups is 1. The fourth-order valence-corrected chi connectivity index (χ4v) is 4.12. The molecule has 4 unspecified atom stereocenters. The lowest BCUT2D eigenvalue weighted by Crippen LogP contribution is -2.39. The Bertz CT molecular complexity index is 527. The summed E-state index contributed by atoms with van der Waals surface area (Å²) in [4.78, 5) is 14.6. The number of hydrogen-bond acceptors (Lipinski definition) is 2. The van der Waals surface area contributed by atoms with Gasteiger partial charge in [0.15, 0.2) is 0 Å². The standard InChI is InChI=1S/C16H19NO2/c18-15-6-5-11-8-17(9-14(11)15)16(19)13-7-10-3-1-2-4-12(10)13/h1-4,11,13-15,18H,5-9H2. The Labute approximate surface area is 113 Å². The van der Waals surface area contributed by atoms with Gasteiger partial charge in [-0.3, -0.25) is 4.79 Å². The third-order valence-corrected chi connectivity index (χ3v) is 5.28. The van der Waals surface area contributed by atoms with Gasteiger partial charge in [-0.15, -0.1) is 0 Å². The first-order valence-corrected chi connectivity index (χ1v) is 7.28. The Balaban J connectivity index is 1.49. The number of nitrogens with zero attached hydrogens (tertiary/aromatic N) is 1. The maximum Gasteiger partial charge on any atom is 0.230 e. The predicted octanol–water partition coefficient (Wildman–Crippen LogP) is 1.56. The lowest BCUT2D eigenvalue weighted by atomic mass is 9.77. The molecule has 4 rings (SSSR count). The summed E-state index contributed by atoms with van der Waals surface area (Å²) in [5.74, 6) is 1.22. The van der Waals surface area contributed by atoms with E-state index in [2.05, 4.69) is 12.1 Å². The number of aliphatic hydroxyl groups excluding tert-OH is 1. The topological polar surface area (TPSA) is 40.5 Å². The largest absolute Gasteiger partial charge is 0.393 e. The molecule has 1 aromatic carbocycles. The minimum absolute atomic E-state index is 0.0761. The summed E-state index contributed by atoms with van der Waals surface area (Å²) >= 11 is 0. The van der Waals surface area contributed by atoms with Gasteiger partial charge < -0.3 is 10.0 Å². The van der Waals surface area contributed by atoms with Crippen molar-refractivity contribution in [2.24, 2.45) is 11.8 Å². The van der Waals surface area contributed by atoms with Crippen LogP contribution >= 0.6 is 0 Å². The van der Waals surface area contributed by atoms with Crippen LogP contribution in [0.25, 0.3) is 0 Å². The van der Waals surface area contributed by atoms with Crippen molar-refractivity contribution in [3.05, 3.63) is 35.4 Å². The van der Waals surface area contributed by atoms with Gasteiger partial charge in [-0.25, -0.2) is 0 Å². The molecule has 0 aromatic heterocycles. The second kappa shape index (κ2) is 4.07. The molecule has 3 nitrogen and oxygen atoms in total. The average molecular weight is 257 g/mol. The lowest BCUT2D eigenvalue weighted by molar-refractivity contribution is -0.132. The van der Waals surface area contributed by atoms with Crippen molar-refractivity contribution in [3.8, 4) is 0 Å². The van der Waals surface area contributed by atoms with Crippen molar-refractivity contribution < 1.29 is 9.90 Å². The molecule has 0 bridgehead atoms. The highest BCUT2D eigenvalue weighted by Gasteiger charge is 2.45. The fourth-order valence-electron chi connectivity index (χ4n) is 4.12. The molecule has 1 N–H and O–H groups in total. The van der Waals surface area contributed by atoms with Crippen LogP contribution in [0.1, 0.15) is 29.9 Å². The van der Waals surface area contributed by atoms with E-state index in [0.717, 1.165) is 32.4 Å². The van der Waals surface area contributed by atoms with Crippen molar-refractivity contribution >= 4 is 5.91 Å². The summed E-state index contributed by atoms with van der Waals surface area (Å²) < 4.78 is 0. The Morgan fingerprint density at radius 3 is 2.84 bits per heavy atom. The smallest absolute Gasteiger partial charge is 0.230 e. The maximum atomic E-state index is 12.6. The summed E-state index contributed by atoms with van der Waals surface area (Å²) in [6, 6.07) is 8.24. The second-order valence-electron chi connectivity index (χ2n) is 6.27. The van der Waals surface area contributed by atoms with Crippen LogP contribution in [0.5, 0.6) is 0 Å². The van der Waals surface area contributed by atoms with Gasteiger partial charge in [0.1, 0.15) is 0 Å². The van der Waals surface area contributed by atoms with Crippen molar-refractivity contribution in [1.82, 2.24) is 4.90 Å². The Hall–Kier alpha value is -1.35. The van der Waals surface area contributed by atoms with Crippen LogP contribution < -0.4 is 0 Å². The third kappa shape index (κ3) is 1.64. The zero-order valence-electron chi connectivity index (χ0n) is 11.0. The van der Waals surface area contributed by atoms with Crippen LogP contribution in [0.4, 0.5) is 0 Å². The summed E-state index contributed by atoms with van der Waals surface area (Å²) in [6.07, 6.45) is 2.71. The van der Waals surface area contributed by atoms with Gasteiger partial charge in [0, 0.05) is 19.0 Å². The van der Waals surface area contributed by atoms with E-state index in [1.807, 2.05) is 17.0 Å². The molecule has 1 amide bonds. The Morgan fingerprint density at radius 2 is 2.05 bits per heavy atom. The molecule has 100 valence electrons. The molecule has 0 radical (unpaired) electrons. The molecule has 2 fully saturated rings. The van der Waals surface area contributed by atoms with E-state index in [0.29, 0.717) is 11.8 Å². The highest BCUT2D eigenvalue weighted by Crippen LogP contribution is 2.41. The predicted molar refractivity (Wildman–Crippen MR) is 71.7 cm³/mol. The van der Waals surface area contributed by atoms with Crippen molar-refractivity contribution in [1.29, 1.82) is 0 Å². The van der Waals surface area contributed by atoms with Gasteiger partial charge >= 0.3 is 0 Å². The van der Waals surface area contributed by atoms with E-state index in [1.54, 1.807) is 0 Å². The molecule has 2 aliphatic carbocycles. The summed E-state index contributed by atoms with van der Waals surface area (Å²) in [5.41, 5.74) is 2.53. The van der Waals surface area contributed by atoms with E-state index in [9.17, 15) is 9.90 Å². The Morgan fingerprint density at radius 1 is 1.21 bits per heavy atom. The normalized spacial score (nSPS) is 35.7. The average Bonchev–Trinajstić information content (AvgIpc) is 2.94. The minimum atomic E-state index is -0.184. The van der Waals surface area contributed by atoms with E-state index >= 15 is 0 Å². The van der Waals surface area contributed by atoms with Crippen LogP contribution in [0.3, 0.4) is 0 Å². The highest BCUT2D eigenvalue weighted by atomic mass is 16.3. The van der Waals surface area contributed by atoms with Crippen LogP contribution in [0, 0.1) is 11.8 Å². The first-order chi connectivity index (χ1) is 9.24. The van der Waals surface area contributed by atoms with Gasteiger partial charge in [0.25, 0.3) is 0 Å².